The van der Waals surface area contributed by atoms with Crippen LogP contribution in [-0.2, 0) is 0 Å². The van der Waals surface area contributed by atoms with Crippen molar-refractivity contribution in [1.82, 2.24) is 24.7 Å². The topological polar surface area (TPSA) is 56.5 Å². The molecule has 3 rings (SSSR count). The molecule has 0 unspecified atom stereocenters. The number of aromatic nitrogens is 5. The summed E-state index contributed by atoms with van der Waals surface area (Å²) in [6.45, 7) is 2.02. The second-order valence-corrected chi connectivity index (χ2v) is 4.37. The molecule has 94 valence electrons. The van der Waals surface area contributed by atoms with Crippen molar-refractivity contribution in [2.75, 3.05) is 0 Å². The van der Waals surface area contributed by atoms with E-state index in [9.17, 15) is 0 Å². The minimum absolute atomic E-state index is 0.170. The highest BCUT2D eigenvalue weighted by atomic mass is 35.5. The fourth-order valence-electron chi connectivity index (χ4n) is 1.80. The molecule has 0 aliphatic heterocycles. The van der Waals surface area contributed by atoms with E-state index in [0.717, 1.165) is 11.1 Å². The molecule has 0 fully saturated rings. The van der Waals surface area contributed by atoms with Gasteiger partial charge in [-0.3, -0.25) is 0 Å². The third kappa shape index (κ3) is 2.32. The maximum atomic E-state index is 5.91. The summed E-state index contributed by atoms with van der Waals surface area (Å²) in [5.74, 6) is 1.07. The van der Waals surface area contributed by atoms with Gasteiger partial charge in [-0.15, -0.1) is 5.10 Å². The molecule has 0 bridgehead atoms. The van der Waals surface area contributed by atoms with Crippen molar-refractivity contribution < 1.29 is 0 Å². The van der Waals surface area contributed by atoms with Crippen molar-refractivity contribution in [3.63, 3.8) is 0 Å². The number of hydrogen-bond donors (Lipinski definition) is 0. The molecule has 0 saturated carbocycles. The number of rotatable bonds is 2. The molecule has 0 amide bonds. The van der Waals surface area contributed by atoms with Gasteiger partial charge in [0, 0.05) is 18.0 Å². The summed E-state index contributed by atoms with van der Waals surface area (Å²) >= 11 is 5.91. The van der Waals surface area contributed by atoms with Crippen LogP contribution in [0.25, 0.3) is 17.3 Å². The summed E-state index contributed by atoms with van der Waals surface area (Å²) in [7, 11) is 0. The van der Waals surface area contributed by atoms with Crippen molar-refractivity contribution in [3.8, 4) is 17.3 Å². The minimum atomic E-state index is 0.170. The van der Waals surface area contributed by atoms with E-state index in [4.69, 9.17) is 11.6 Å². The lowest BCUT2D eigenvalue weighted by Gasteiger charge is -2.04. The summed E-state index contributed by atoms with van der Waals surface area (Å²) in [5.41, 5.74) is 2.06. The molecule has 0 aliphatic rings. The maximum Gasteiger partial charge on any atom is 0.252 e. The standard InChI is InChI=1S/C13H10ClN5/c1-9-4-2-5-10(8-9)11-17-12(14)18-19(11)13-15-6-3-7-16-13/h2-8H,1H3. The molecule has 1 aromatic carbocycles. The largest absolute Gasteiger partial charge is 0.252 e. The first-order valence-electron chi connectivity index (χ1n) is 5.71. The monoisotopic (exact) mass is 271 g/mol. The van der Waals surface area contributed by atoms with Gasteiger partial charge in [-0.25, -0.2) is 9.97 Å². The Morgan fingerprint density at radius 1 is 1.11 bits per heavy atom. The third-order valence-corrected chi connectivity index (χ3v) is 2.76. The highest BCUT2D eigenvalue weighted by Gasteiger charge is 2.14. The summed E-state index contributed by atoms with van der Waals surface area (Å²) in [5, 5.41) is 4.30. The first-order valence-corrected chi connectivity index (χ1v) is 6.09. The Kier molecular flexibility index (Phi) is 2.97. The van der Waals surface area contributed by atoms with Crippen LogP contribution in [0.4, 0.5) is 0 Å². The van der Waals surface area contributed by atoms with E-state index in [2.05, 4.69) is 20.1 Å². The molecule has 2 aromatic heterocycles. The zero-order chi connectivity index (χ0) is 13.2. The van der Waals surface area contributed by atoms with Gasteiger partial charge in [0.25, 0.3) is 5.95 Å². The normalized spacial score (nSPS) is 10.6. The van der Waals surface area contributed by atoms with Crippen LogP contribution < -0.4 is 0 Å². The molecule has 0 saturated heterocycles. The van der Waals surface area contributed by atoms with E-state index in [1.54, 1.807) is 18.5 Å². The first-order chi connectivity index (χ1) is 9.24. The summed E-state index contributed by atoms with van der Waals surface area (Å²) < 4.78 is 1.54. The Balaban J connectivity index is 2.18. The van der Waals surface area contributed by atoms with Crippen LogP contribution in [-0.4, -0.2) is 24.7 Å². The van der Waals surface area contributed by atoms with Crippen LogP contribution >= 0.6 is 11.6 Å². The zero-order valence-electron chi connectivity index (χ0n) is 10.2. The van der Waals surface area contributed by atoms with Crippen LogP contribution in [0.1, 0.15) is 5.56 Å². The van der Waals surface area contributed by atoms with Crippen LogP contribution in [0, 0.1) is 6.92 Å². The van der Waals surface area contributed by atoms with Gasteiger partial charge in [-0.05, 0) is 30.7 Å². The van der Waals surface area contributed by atoms with Crippen LogP contribution in [0.15, 0.2) is 42.7 Å². The first kappa shape index (κ1) is 11.8. The smallest absolute Gasteiger partial charge is 0.220 e. The van der Waals surface area contributed by atoms with Crippen molar-refractivity contribution in [2.24, 2.45) is 0 Å². The van der Waals surface area contributed by atoms with Gasteiger partial charge >= 0.3 is 0 Å². The number of nitrogens with zero attached hydrogens (tertiary/aromatic N) is 5. The van der Waals surface area contributed by atoms with Crippen molar-refractivity contribution in [3.05, 3.63) is 53.6 Å². The summed E-state index contributed by atoms with van der Waals surface area (Å²) in [6.07, 6.45) is 3.30. The average molecular weight is 272 g/mol. The molecule has 3 aromatic rings. The molecule has 6 heteroatoms. The zero-order valence-corrected chi connectivity index (χ0v) is 10.9. The van der Waals surface area contributed by atoms with Crippen LogP contribution in [0.5, 0.6) is 0 Å². The van der Waals surface area contributed by atoms with Gasteiger partial charge in [0.15, 0.2) is 5.82 Å². The Hall–Kier alpha value is -2.27. The molecular formula is C13H10ClN5. The van der Waals surface area contributed by atoms with Gasteiger partial charge in [-0.2, -0.15) is 9.67 Å². The molecule has 5 nitrogen and oxygen atoms in total. The van der Waals surface area contributed by atoms with Crippen molar-refractivity contribution >= 4 is 11.6 Å². The Labute approximate surface area is 114 Å². The molecule has 0 N–H and O–H groups in total. The highest BCUT2D eigenvalue weighted by molar-refractivity contribution is 6.28. The highest BCUT2D eigenvalue weighted by Crippen LogP contribution is 2.21. The minimum Gasteiger partial charge on any atom is -0.220 e. The predicted octanol–water partition coefficient (Wildman–Crippen LogP) is 2.69. The van der Waals surface area contributed by atoms with Gasteiger partial charge in [0.1, 0.15) is 0 Å². The van der Waals surface area contributed by atoms with E-state index < -0.39 is 0 Å². The molecule has 0 atom stereocenters. The van der Waals surface area contributed by atoms with Crippen molar-refractivity contribution in [2.45, 2.75) is 6.92 Å². The van der Waals surface area contributed by atoms with Crippen LogP contribution in [0.2, 0.25) is 5.28 Å². The average Bonchev–Trinajstić information content (AvgIpc) is 2.82. The van der Waals surface area contributed by atoms with Crippen LogP contribution in [0.3, 0.4) is 0 Å². The molecule has 2 heterocycles. The number of hydrogen-bond acceptors (Lipinski definition) is 4. The SMILES string of the molecule is Cc1cccc(-c2nc(Cl)nn2-c2ncccn2)c1. The number of aryl methyl sites for hydroxylation is 1. The molecule has 0 aliphatic carbocycles. The van der Waals surface area contributed by atoms with E-state index in [1.807, 2.05) is 31.2 Å². The fourth-order valence-corrected chi connectivity index (χ4v) is 1.95. The quantitative estimate of drug-likeness (QED) is 0.719. The summed E-state index contributed by atoms with van der Waals surface area (Å²) in [4.78, 5) is 12.6. The lowest BCUT2D eigenvalue weighted by molar-refractivity contribution is 0.814. The second kappa shape index (κ2) is 4.78. The number of benzene rings is 1. The van der Waals surface area contributed by atoms with Gasteiger partial charge < -0.3 is 0 Å². The predicted molar refractivity (Wildman–Crippen MR) is 72.1 cm³/mol. The molecule has 0 radical (unpaired) electrons. The Bertz CT molecular complexity index is 708. The molecule has 0 spiro atoms. The lowest BCUT2D eigenvalue weighted by atomic mass is 10.1. The van der Waals surface area contributed by atoms with E-state index >= 15 is 0 Å². The van der Waals surface area contributed by atoms with E-state index in [1.165, 1.54) is 4.68 Å². The third-order valence-electron chi connectivity index (χ3n) is 2.60. The van der Waals surface area contributed by atoms with Gasteiger partial charge in [0.2, 0.25) is 5.28 Å². The lowest BCUT2D eigenvalue weighted by Crippen LogP contribution is -2.04. The number of halogens is 1. The summed E-state index contributed by atoms with van der Waals surface area (Å²) in [6, 6.07) is 9.69. The maximum absolute atomic E-state index is 5.91. The molecular weight excluding hydrogens is 262 g/mol. The second-order valence-electron chi connectivity index (χ2n) is 4.03. The van der Waals surface area contributed by atoms with Crippen molar-refractivity contribution in [1.29, 1.82) is 0 Å². The van der Waals surface area contributed by atoms with E-state index in [0.29, 0.717) is 11.8 Å². The van der Waals surface area contributed by atoms with Gasteiger partial charge in [-0.1, -0.05) is 23.8 Å². The van der Waals surface area contributed by atoms with E-state index in [-0.39, 0.29) is 5.28 Å². The molecule has 19 heavy (non-hydrogen) atoms. The Morgan fingerprint density at radius 2 is 1.89 bits per heavy atom. The fraction of sp³-hybridized carbons (Fsp3) is 0.0769. The van der Waals surface area contributed by atoms with Gasteiger partial charge in [0.05, 0.1) is 0 Å². The Morgan fingerprint density at radius 3 is 2.63 bits per heavy atom.